The molecule has 0 aliphatic heterocycles. The van der Waals surface area contributed by atoms with E-state index in [1.165, 1.54) is 18.4 Å². The van der Waals surface area contributed by atoms with Gasteiger partial charge < -0.3 is 10.2 Å². The van der Waals surface area contributed by atoms with Crippen molar-refractivity contribution in [2.75, 3.05) is 0 Å². The quantitative estimate of drug-likeness (QED) is 0.720. The van der Waals surface area contributed by atoms with Crippen LogP contribution in [0.3, 0.4) is 0 Å². The molecule has 0 aromatic carbocycles. The second-order valence-electron chi connectivity index (χ2n) is 8.40. The highest BCUT2D eigenvalue weighted by Crippen LogP contribution is 2.61. The monoisotopic (exact) mass is 290 g/mol. The largest absolute Gasteiger partial charge is 0.392 e. The van der Waals surface area contributed by atoms with Crippen molar-refractivity contribution < 1.29 is 10.2 Å². The van der Waals surface area contributed by atoms with Crippen molar-refractivity contribution in [2.45, 2.75) is 71.5 Å². The maximum atomic E-state index is 10.8. The number of hydrogen-bond acceptors (Lipinski definition) is 2. The lowest BCUT2D eigenvalue weighted by Crippen LogP contribution is -2.54. The lowest BCUT2D eigenvalue weighted by molar-refractivity contribution is -0.0811. The number of fused-ring (bicyclic) bond motifs is 2. The first-order valence-corrected chi connectivity index (χ1v) is 8.52. The molecule has 0 saturated heterocycles. The molecule has 2 N–H and O–H groups in total. The van der Waals surface area contributed by atoms with Crippen molar-refractivity contribution in [2.24, 2.45) is 22.7 Å². The Hall–Kier alpha value is -0.600. The van der Waals surface area contributed by atoms with Gasteiger partial charge in [0.2, 0.25) is 0 Å². The second kappa shape index (κ2) is 4.96. The molecule has 5 atom stereocenters. The number of allylic oxidation sites excluding steroid dienone is 1. The van der Waals surface area contributed by atoms with Gasteiger partial charge in [0.25, 0.3) is 0 Å². The van der Waals surface area contributed by atoms with Crippen LogP contribution in [-0.2, 0) is 0 Å². The summed E-state index contributed by atoms with van der Waals surface area (Å²) in [4.78, 5) is 0. The van der Waals surface area contributed by atoms with Crippen LogP contribution in [0.2, 0.25) is 0 Å². The zero-order chi connectivity index (χ0) is 15.4. The Kier molecular flexibility index (Phi) is 3.61. The fraction of sp³-hybridized carbons (Fsp3) is 0.789. The van der Waals surface area contributed by atoms with Gasteiger partial charge in [-0.25, -0.2) is 0 Å². The molecular weight excluding hydrogens is 260 g/mol. The van der Waals surface area contributed by atoms with E-state index in [0.717, 1.165) is 24.8 Å². The second-order valence-corrected chi connectivity index (χ2v) is 8.40. The van der Waals surface area contributed by atoms with Crippen LogP contribution in [0.25, 0.3) is 0 Å². The van der Waals surface area contributed by atoms with Gasteiger partial charge in [0, 0.05) is 5.92 Å². The van der Waals surface area contributed by atoms with Crippen molar-refractivity contribution in [3.8, 4) is 0 Å². The Morgan fingerprint density at radius 2 is 1.90 bits per heavy atom. The van der Waals surface area contributed by atoms with Gasteiger partial charge in [0.1, 0.15) is 0 Å². The predicted molar refractivity (Wildman–Crippen MR) is 85.8 cm³/mol. The molecule has 0 amide bonds. The molecule has 3 aliphatic rings. The van der Waals surface area contributed by atoms with E-state index in [-0.39, 0.29) is 22.9 Å². The molecule has 2 heteroatoms. The van der Waals surface area contributed by atoms with Gasteiger partial charge in [-0.05, 0) is 54.4 Å². The fourth-order valence-electron chi connectivity index (χ4n) is 5.92. The van der Waals surface area contributed by atoms with Gasteiger partial charge in [-0.15, -0.1) is 6.58 Å². The van der Waals surface area contributed by atoms with Crippen LogP contribution in [0.15, 0.2) is 23.8 Å². The summed E-state index contributed by atoms with van der Waals surface area (Å²) in [5.74, 6) is 0.484. The van der Waals surface area contributed by atoms with Gasteiger partial charge in [-0.1, -0.05) is 38.8 Å². The maximum absolute atomic E-state index is 10.8. The van der Waals surface area contributed by atoms with E-state index >= 15 is 0 Å². The van der Waals surface area contributed by atoms with Crippen molar-refractivity contribution in [3.63, 3.8) is 0 Å². The predicted octanol–water partition coefficient (Wildman–Crippen LogP) is 3.84. The molecule has 118 valence electrons. The minimum Gasteiger partial charge on any atom is -0.392 e. The highest BCUT2D eigenvalue weighted by atomic mass is 16.3. The minimum absolute atomic E-state index is 0.0713. The van der Waals surface area contributed by atoms with E-state index in [0.29, 0.717) is 12.3 Å². The number of aliphatic hydroxyl groups excluding tert-OH is 2. The summed E-state index contributed by atoms with van der Waals surface area (Å²) in [5, 5.41) is 21.5. The topological polar surface area (TPSA) is 40.5 Å². The molecule has 2 nitrogen and oxygen atoms in total. The molecule has 0 heterocycles. The van der Waals surface area contributed by atoms with Gasteiger partial charge in [0.05, 0.1) is 12.2 Å². The smallest absolute Gasteiger partial charge is 0.0816 e. The Balaban J connectivity index is 2.07. The summed E-state index contributed by atoms with van der Waals surface area (Å²) in [7, 11) is 0. The molecule has 21 heavy (non-hydrogen) atoms. The average Bonchev–Trinajstić information content (AvgIpc) is 2.38. The molecule has 3 aliphatic carbocycles. The maximum Gasteiger partial charge on any atom is 0.0816 e. The molecule has 1 saturated carbocycles. The van der Waals surface area contributed by atoms with Crippen LogP contribution in [0.1, 0.15) is 59.3 Å². The lowest BCUT2D eigenvalue weighted by atomic mass is 9.47. The number of hydrogen-bond donors (Lipinski definition) is 2. The zero-order valence-corrected chi connectivity index (χ0v) is 13.7. The first-order chi connectivity index (χ1) is 9.81. The van der Waals surface area contributed by atoms with Crippen LogP contribution in [0, 0.1) is 22.7 Å². The third-order valence-electron chi connectivity index (χ3n) is 6.73. The van der Waals surface area contributed by atoms with Crippen molar-refractivity contribution in [1.29, 1.82) is 0 Å². The normalized spacial score (nSPS) is 45.8. The van der Waals surface area contributed by atoms with E-state index in [1.54, 1.807) is 0 Å². The Morgan fingerprint density at radius 1 is 1.19 bits per heavy atom. The van der Waals surface area contributed by atoms with Crippen LogP contribution in [0.4, 0.5) is 0 Å². The van der Waals surface area contributed by atoms with Gasteiger partial charge >= 0.3 is 0 Å². The van der Waals surface area contributed by atoms with Crippen molar-refractivity contribution in [3.05, 3.63) is 23.8 Å². The summed E-state index contributed by atoms with van der Waals surface area (Å²) >= 11 is 0. The first-order valence-electron chi connectivity index (χ1n) is 8.52. The van der Waals surface area contributed by atoms with Gasteiger partial charge in [-0.2, -0.15) is 0 Å². The molecule has 3 rings (SSSR count). The number of aliphatic hydroxyl groups is 2. The summed E-state index contributed by atoms with van der Waals surface area (Å²) in [5.41, 5.74) is 2.86. The van der Waals surface area contributed by atoms with Crippen LogP contribution >= 0.6 is 0 Å². The summed E-state index contributed by atoms with van der Waals surface area (Å²) < 4.78 is 0. The van der Waals surface area contributed by atoms with E-state index in [9.17, 15) is 10.2 Å². The zero-order valence-electron chi connectivity index (χ0n) is 13.7. The Morgan fingerprint density at radius 3 is 2.57 bits per heavy atom. The third-order valence-corrected chi connectivity index (χ3v) is 6.73. The highest BCUT2D eigenvalue weighted by Gasteiger charge is 2.55. The fourth-order valence-corrected chi connectivity index (χ4v) is 5.92. The number of rotatable bonds is 1. The third kappa shape index (κ3) is 2.14. The molecular formula is C19H30O2. The summed E-state index contributed by atoms with van der Waals surface area (Å²) in [6.07, 6.45) is 7.45. The van der Waals surface area contributed by atoms with E-state index in [1.807, 2.05) is 6.08 Å². The standard InChI is InChI=1S/C19H30O2/c1-5-12-7-8-14-13(16(12)21)11-15(20)17-18(2,3)9-6-10-19(14,17)4/h5,12,15-17,20-21H,1,6-11H2,2-4H3/t12-,15+,16-,17+,19-/m0/s1. The first kappa shape index (κ1) is 15.3. The van der Waals surface area contributed by atoms with Crippen LogP contribution in [-0.4, -0.2) is 22.4 Å². The van der Waals surface area contributed by atoms with E-state index in [4.69, 9.17) is 0 Å². The van der Waals surface area contributed by atoms with E-state index in [2.05, 4.69) is 27.4 Å². The highest BCUT2D eigenvalue weighted by molar-refractivity contribution is 5.35. The van der Waals surface area contributed by atoms with Gasteiger partial charge in [-0.3, -0.25) is 0 Å². The van der Waals surface area contributed by atoms with E-state index < -0.39 is 6.10 Å². The molecule has 0 unspecified atom stereocenters. The van der Waals surface area contributed by atoms with Crippen molar-refractivity contribution >= 4 is 0 Å². The van der Waals surface area contributed by atoms with Crippen molar-refractivity contribution in [1.82, 2.24) is 0 Å². The minimum atomic E-state index is -0.427. The molecule has 0 aromatic heterocycles. The summed E-state index contributed by atoms with van der Waals surface area (Å²) in [6, 6.07) is 0. The molecule has 0 spiro atoms. The average molecular weight is 290 g/mol. The SMILES string of the molecule is C=C[C@H]1CCC2=C(C[C@@H](O)[C@@H]3C(C)(C)CCC[C@@]23C)[C@H]1O. The molecule has 0 bridgehead atoms. The van der Waals surface area contributed by atoms with Gasteiger partial charge in [0.15, 0.2) is 0 Å². The Bertz CT molecular complexity index is 476. The Labute approximate surface area is 128 Å². The molecule has 1 fully saturated rings. The summed E-state index contributed by atoms with van der Waals surface area (Å²) in [6.45, 7) is 10.8. The molecule has 0 aromatic rings. The molecule has 0 radical (unpaired) electrons. The van der Waals surface area contributed by atoms with Crippen LogP contribution in [0.5, 0.6) is 0 Å². The van der Waals surface area contributed by atoms with Crippen LogP contribution < -0.4 is 0 Å². The lowest BCUT2D eigenvalue weighted by Gasteiger charge is -2.58.